The van der Waals surface area contributed by atoms with Gasteiger partial charge in [0.1, 0.15) is 23.8 Å². The van der Waals surface area contributed by atoms with Crippen molar-refractivity contribution in [2.75, 3.05) is 6.54 Å². The number of carbonyl (C=O) groups excluding carboxylic acids is 2. The van der Waals surface area contributed by atoms with E-state index < -0.39 is 92.3 Å². The summed E-state index contributed by atoms with van der Waals surface area (Å²) >= 11 is 11.0. The third-order valence-electron chi connectivity index (χ3n) is 5.86. The molecule has 224 valence electrons. The molecule has 1 fully saturated rings. The Labute approximate surface area is 233 Å². The molecule has 1 aliphatic rings. The average molecular weight is 643 g/mol. The van der Waals surface area contributed by atoms with Gasteiger partial charge in [-0.25, -0.2) is 8.78 Å². The minimum absolute atomic E-state index is 0.0437. The maximum Gasteiger partial charge on any atom is 0.417 e. The van der Waals surface area contributed by atoms with Crippen LogP contribution in [0.25, 0.3) is 5.83 Å². The van der Waals surface area contributed by atoms with Crippen LogP contribution in [0.1, 0.15) is 45.8 Å². The molecule has 0 aliphatic heterocycles. The van der Waals surface area contributed by atoms with Crippen LogP contribution in [0.3, 0.4) is 0 Å². The van der Waals surface area contributed by atoms with E-state index in [1.54, 1.807) is 0 Å². The highest BCUT2D eigenvalue weighted by molar-refractivity contribution is 6.35. The molecule has 0 aromatic heterocycles. The molecule has 3 rings (SSSR count). The van der Waals surface area contributed by atoms with Crippen molar-refractivity contribution in [2.45, 2.75) is 42.8 Å². The summed E-state index contributed by atoms with van der Waals surface area (Å²) in [5.74, 6) is -8.73. The third-order valence-corrected chi connectivity index (χ3v) is 6.41. The van der Waals surface area contributed by atoms with E-state index in [4.69, 9.17) is 23.2 Å². The number of alkyl halides is 9. The number of amides is 2. The largest absolute Gasteiger partial charge is 0.417 e. The highest BCUT2D eigenvalue weighted by Crippen LogP contribution is 2.42. The van der Waals surface area contributed by atoms with Crippen molar-refractivity contribution in [3.05, 3.63) is 74.5 Å². The summed E-state index contributed by atoms with van der Waals surface area (Å²) in [5, 5.41) is 1.80. The molecule has 0 spiro atoms. The van der Waals surface area contributed by atoms with Crippen LogP contribution in [0.5, 0.6) is 0 Å². The molecule has 1 unspecified atom stereocenters. The van der Waals surface area contributed by atoms with Crippen molar-refractivity contribution in [3.8, 4) is 0 Å². The molecule has 1 aliphatic carbocycles. The van der Waals surface area contributed by atoms with E-state index in [2.05, 4.69) is 0 Å². The zero-order valence-corrected chi connectivity index (χ0v) is 21.4. The van der Waals surface area contributed by atoms with Gasteiger partial charge in [-0.2, -0.15) is 39.5 Å². The SMILES string of the molecule is O=C(NC1(C(=O)NCC(F)(F)F)CC1)c1ccc(C(F)=CC(c2cc(Cl)c(F)c(Cl)c2)C(F)(F)F)cc1C(F)(F)F. The number of halogens is 13. The van der Waals surface area contributed by atoms with Gasteiger partial charge in [-0.15, -0.1) is 0 Å². The lowest BCUT2D eigenvalue weighted by atomic mass is 9.95. The summed E-state index contributed by atoms with van der Waals surface area (Å²) in [5.41, 5.74) is -6.75. The third kappa shape index (κ3) is 7.82. The number of nitrogens with one attached hydrogen (secondary N) is 2. The Bertz CT molecular complexity index is 1360. The van der Waals surface area contributed by atoms with E-state index in [1.165, 1.54) is 5.32 Å². The highest BCUT2D eigenvalue weighted by atomic mass is 35.5. The molecular formula is C24H15Cl2F11N2O2. The number of hydrogen-bond donors (Lipinski definition) is 2. The fourth-order valence-electron chi connectivity index (χ4n) is 3.67. The number of benzene rings is 2. The smallest absolute Gasteiger partial charge is 0.345 e. The second-order valence-corrected chi connectivity index (χ2v) is 9.74. The Balaban J connectivity index is 1.96. The Morgan fingerprint density at radius 3 is 1.98 bits per heavy atom. The molecule has 0 bridgehead atoms. The van der Waals surface area contributed by atoms with Gasteiger partial charge < -0.3 is 10.6 Å². The fraction of sp³-hybridized carbons (Fsp3) is 0.333. The van der Waals surface area contributed by atoms with E-state index in [9.17, 15) is 57.9 Å². The standard InChI is InChI=1S/C24H15Cl2F11N2O2/c25-15-6-11(7-16(26)18(15)28)13(23(32,33)34)8-17(27)10-1-2-12(14(5-10)24(35,36)37)19(40)39-21(3-4-21)20(41)38-9-22(29,30)31/h1-2,5-8,13H,3-4,9H2,(H,38,41)(H,39,40). The van der Waals surface area contributed by atoms with Crippen LogP contribution >= 0.6 is 23.2 Å². The van der Waals surface area contributed by atoms with Crippen LogP contribution < -0.4 is 10.6 Å². The van der Waals surface area contributed by atoms with Crippen LogP contribution in [-0.2, 0) is 11.0 Å². The van der Waals surface area contributed by atoms with Crippen LogP contribution in [0, 0.1) is 5.82 Å². The number of rotatable bonds is 7. The number of hydrogen-bond acceptors (Lipinski definition) is 2. The molecular weight excluding hydrogens is 628 g/mol. The molecule has 17 heteroatoms. The summed E-state index contributed by atoms with van der Waals surface area (Å²) < 4.78 is 148. The Hall–Kier alpha value is -3.07. The second-order valence-electron chi connectivity index (χ2n) is 8.92. The van der Waals surface area contributed by atoms with E-state index in [0.717, 1.165) is 0 Å². The normalized spacial score (nSPS) is 16.3. The van der Waals surface area contributed by atoms with Gasteiger partial charge in [-0.1, -0.05) is 29.3 Å². The molecule has 1 atom stereocenters. The van der Waals surface area contributed by atoms with Crippen LogP contribution in [-0.4, -0.2) is 36.3 Å². The van der Waals surface area contributed by atoms with Crippen LogP contribution in [0.4, 0.5) is 48.3 Å². The zero-order chi connectivity index (χ0) is 31.1. The summed E-state index contributed by atoms with van der Waals surface area (Å²) in [6.45, 7) is -1.76. The number of allylic oxidation sites excluding steroid dienone is 1. The molecule has 0 radical (unpaired) electrons. The molecule has 2 amide bonds. The van der Waals surface area contributed by atoms with Crippen LogP contribution in [0.15, 0.2) is 36.4 Å². The lowest BCUT2D eigenvalue weighted by Crippen LogP contribution is -2.51. The van der Waals surface area contributed by atoms with Crippen molar-refractivity contribution in [2.24, 2.45) is 0 Å². The average Bonchev–Trinajstić information content (AvgIpc) is 3.62. The van der Waals surface area contributed by atoms with E-state index >= 15 is 0 Å². The highest BCUT2D eigenvalue weighted by Gasteiger charge is 2.52. The van der Waals surface area contributed by atoms with Crippen molar-refractivity contribution >= 4 is 40.8 Å². The summed E-state index contributed by atoms with van der Waals surface area (Å²) in [6.07, 6.45) is -15.9. The van der Waals surface area contributed by atoms with Gasteiger partial charge in [0.2, 0.25) is 5.91 Å². The molecule has 2 aromatic rings. The predicted octanol–water partition coefficient (Wildman–Crippen LogP) is 7.75. The first-order valence-corrected chi connectivity index (χ1v) is 11.9. The molecule has 2 N–H and O–H groups in total. The maximum absolute atomic E-state index is 15.0. The molecule has 0 heterocycles. The molecule has 2 aromatic carbocycles. The van der Waals surface area contributed by atoms with Gasteiger partial charge in [0.25, 0.3) is 5.91 Å². The second kappa shape index (κ2) is 11.3. The van der Waals surface area contributed by atoms with Crippen molar-refractivity contribution in [1.82, 2.24) is 10.6 Å². The first kappa shape index (κ1) is 32.4. The summed E-state index contributed by atoms with van der Waals surface area (Å²) in [7, 11) is 0. The van der Waals surface area contributed by atoms with Crippen molar-refractivity contribution in [1.29, 1.82) is 0 Å². The van der Waals surface area contributed by atoms with Crippen molar-refractivity contribution < 1.29 is 57.9 Å². The topological polar surface area (TPSA) is 58.2 Å². The lowest BCUT2D eigenvalue weighted by molar-refractivity contribution is -0.140. The maximum atomic E-state index is 15.0. The minimum atomic E-state index is -5.36. The fourth-order valence-corrected chi connectivity index (χ4v) is 4.17. The van der Waals surface area contributed by atoms with Gasteiger partial charge in [-0.3, -0.25) is 9.59 Å². The van der Waals surface area contributed by atoms with Crippen LogP contribution in [0.2, 0.25) is 10.0 Å². The molecule has 1 saturated carbocycles. The molecule has 41 heavy (non-hydrogen) atoms. The monoisotopic (exact) mass is 642 g/mol. The predicted molar refractivity (Wildman–Crippen MR) is 124 cm³/mol. The van der Waals surface area contributed by atoms with Gasteiger partial charge in [-0.05, 0) is 48.7 Å². The van der Waals surface area contributed by atoms with E-state index in [1.807, 2.05) is 5.32 Å². The zero-order valence-electron chi connectivity index (χ0n) is 19.9. The lowest BCUT2D eigenvalue weighted by Gasteiger charge is -2.20. The van der Waals surface area contributed by atoms with E-state index in [0.29, 0.717) is 24.3 Å². The van der Waals surface area contributed by atoms with Gasteiger partial charge >= 0.3 is 18.5 Å². The van der Waals surface area contributed by atoms with Crippen molar-refractivity contribution in [3.63, 3.8) is 0 Å². The Morgan fingerprint density at radius 2 is 1.51 bits per heavy atom. The van der Waals surface area contributed by atoms with Gasteiger partial charge in [0.15, 0.2) is 5.82 Å². The summed E-state index contributed by atoms with van der Waals surface area (Å²) in [4.78, 5) is 24.7. The minimum Gasteiger partial charge on any atom is -0.345 e. The molecule has 4 nitrogen and oxygen atoms in total. The first-order chi connectivity index (χ1) is 18.6. The molecule has 0 saturated heterocycles. The summed E-state index contributed by atoms with van der Waals surface area (Å²) in [6, 6.07) is 2.05. The quantitative estimate of drug-likeness (QED) is 0.240. The number of carbonyl (C=O) groups is 2. The Morgan fingerprint density at radius 1 is 0.951 bits per heavy atom. The van der Waals surface area contributed by atoms with Gasteiger partial charge in [0.05, 0.1) is 21.2 Å². The van der Waals surface area contributed by atoms with Gasteiger partial charge in [0, 0.05) is 5.56 Å². The Kier molecular flexibility index (Phi) is 8.95. The van der Waals surface area contributed by atoms with E-state index in [-0.39, 0.29) is 25.0 Å². The first-order valence-electron chi connectivity index (χ1n) is 11.1.